The summed E-state index contributed by atoms with van der Waals surface area (Å²) in [5.74, 6) is -0.126. The summed E-state index contributed by atoms with van der Waals surface area (Å²) in [6.07, 6.45) is 1.64. The normalized spacial score (nSPS) is 10.6. The van der Waals surface area contributed by atoms with E-state index in [9.17, 15) is 4.79 Å². The average molecular weight is 279 g/mol. The molecule has 0 bridgehead atoms. The van der Waals surface area contributed by atoms with Crippen LogP contribution >= 0.6 is 11.6 Å². The van der Waals surface area contributed by atoms with Gasteiger partial charge < -0.3 is 4.90 Å². The van der Waals surface area contributed by atoms with Gasteiger partial charge in [-0.05, 0) is 19.1 Å². The number of carbonyl (C=O) groups excluding carboxylic acids is 1. The number of nitrogens with zero attached hydrogens (tertiary/aromatic N) is 4. The molecule has 5 nitrogen and oxygen atoms in total. The lowest BCUT2D eigenvalue weighted by molar-refractivity contribution is 0.0822. The van der Waals surface area contributed by atoms with Crippen molar-refractivity contribution in [1.29, 1.82) is 0 Å². The minimum absolute atomic E-state index is 0.126. The second-order valence-corrected chi connectivity index (χ2v) is 4.88. The monoisotopic (exact) mass is 278 g/mol. The lowest BCUT2D eigenvalue weighted by atomic mass is 10.2. The van der Waals surface area contributed by atoms with E-state index >= 15 is 0 Å². The highest BCUT2D eigenvalue weighted by atomic mass is 35.5. The van der Waals surface area contributed by atoms with Gasteiger partial charge in [0.05, 0.1) is 16.4 Å². The van der Waals surface area contributed by atoms with Gasteiger partial charge in [0.15, 0.2) is 0 Å². The predicted molar refractivity (Wildman–Crippen MR) is 74.2 cm³/mol. The number of aromatic nitrogens is 3. The number of amides is 1. The molecule has 0 fully saturated rings. The molecule has 1 amide bonds. The van der Waals surface area contributed by atoms with E-state index in [4.69, 9.17) is 11.6 Å². The van der Waals surface area contributed by atoms with E-state index in [2.05, 4.69) is 10.1 Å². The Kier molecular flexibility index (Phi) is 3.57. The number of halogens is 1. The van der Waals surface area contributed by atoms with E-state index in [1.165, 1.54) is 4.90 Å². The summed E-state index contributed by atoms with van der Waals surface area (Å²) in [6.45, 7) is 1.85. The molecule has 0 aromatic carbocycles. The van der Waals surface area contributed by atoms with Crippen LogP contribution in [0.5, 0.6) is 0 Å². The van der Waals surface area contributed by atoms with Gasteiger partial charge in [0.2, 0.25) is 0 Å². The first kappa shape index (κ1) is 13.5. The minimum atomic E-state index is -0.126. The van der Waals surface area contributed by atoms with Gasteiger partial charge in [0, 0.05) is 32.9 Å². The third-order valence-electron chi connectivity index (χ3n) is 2.81. The number of hydrogen-bond acceptors (Lipinski definition) is 3. The first-order chi connectivity index (χ1) is 8.91. The van der Waals surface area contributed by atoms with E-state index in [0.29, 0.717) is 10.7 Å². The van der Waals surface area contributed by atoms with Crippen LogP contribution in [0.25, 0.3) is 11.3 Å². The third kappa shape index (κ3) is 2.46. The van der Waals surface area contributed by atoms with Crippen LogP contribution in [-0.4, -0.2) is 39.7 Å². The van der Waals surface area contributed by atoms with Crippen molar-refractivity contribution < 1.29 is 4.79 Å². The number of hydrogen-bond donors (Lipinski definition) is 0. The van der Waals surface area contributed by atoms with Crippen molar-refractivity contribution in [2.75, 3.05) is 14.1 Å². The Balaban J connectivity index is 2.41. The number of aryl methyl sites for hydroxylation is 2. The quantitative estimate of drug-likeness (QED) is 0.846. The number of carbonyl (C=O) groups is 1. The predicted octanol–water partition coefficient (Wildman–Crippen LogP) is 2.15. The minimum Gasteiger partial charge on any atom is -0.343 e. The standard InChI is InChI=1S/C13H15ClN4O/c1-8-11(14)12(18(4)16-8)9-5-6-10(15-7-9)13(19)17(2)3/h5-7H,1-4H3. The van der Waals surface area contributed by atoms with E-state index in [1.54, 1.807) is 31.0 Å². The summed E-state index contributed by atoms with van der Waals surface area (Å²) in [5.41, 5.74) is 2.82. The third-order valence-corrected chi connectivity index (χ3v) is 3.26. The van der Waals surface area contributed by atoms with Gasteiger partial charge >= 0.3 is 0 Å². The zero-order chi connectivity index (χ0) is 14.2. The Morgan fingerprint density at radius 3 is 2.47 bits per heavy atom. The fraction of sp³-hybridized carbons (Fsp3) is 0.308. The van der Waals surface area contributed by atoms with Crippen LogP contribution in [0, 0.1) is 6.92 Å². The van der Waals surface area contributed by atoms with Crippen LogP contribution in [-0.2, 0) is 7.05 Å². The first-order valence-corrected chi connectivity index (χ1v) is 6.16. The molecule has 0 radical (unpaired) electrons. The van der Waals surface area contributed by atoms with E-state index in [0.717, 1.165) is 17.0 Å². The Morgan fingerprint density at radius 2 is 2.05 bits per heavy atom. The molecule has 2 aromatic heterocycles. The Morgan fingerprint density at radius 1 is 1.37 bits per heavy atom. The average Bonchev–Trinajstić information content (AvgIpc) is 2.62. The van der Waals surface area contributed by atoms with Gasteiger partial charge in [-0.25, -0.2) is 0 Å². The highest BCUT2D eigenvalue weighted by molar-refractivity contribution is 6.33. The summed E-state index contributed by atoms with van der Waals surface area (Å²) >= 11 is 6.22. The van der Waals surface area contributed by atoms with E-state index < -0.39 is 0 Å². The lowest BCUT2D eigenvalue weighted by Gasteiger charge is -2.09. The van der Waals surface area contributed by atoms with Gasteiger partial charge in [0.1, 0.15) is 5.69 Å². The topological polar surface area (TPSA) is 51.0 Å². The molecule has 0 aliphatic heterocycles. The van der Waals surface area contributed by atoms with Crippen molar-refractivity contribution in [3.8, 4) is 11.3 Å². The van der Waals surface area contributed by atoms with Gasteiger partial charge in [-0.15, -0.1) is 0 Å². The van der Waals surface area contributed by atoms with Crippen LogP contribution in [0.4, 0.5) is 0 Å². The molecule has 100 valence electrons. The zero-order valence-corrected chi connectivity index (χ0v) is 12.1. The molecule has 0 saturated carbocycles. The van der Waals surface area contributed by atoms with Crippen molar-refractivity contribution in [2.45, 2.75) is 6.92 Å². The van der Waals surface area contributed by atoms with Crippen LogP contribution in [0.3, 0.4) is 0 Å². The van der Waals surface area contributed by atoms with Gasteiger partial charge in [-0.2, -0.15) is 5.10 Å². The van der Waals surface area contributed by atoms with Crippen molar-refractivity contribution in [3.05, 3.63) is 34.7 Å². The largest absolute Gasteiger partial charge is 0.343 e. The Bertz CT molecular complexity index is 616. The molecule has 0 unspecified atom stereocenters. The number of rotatable bonds is 2. The van der Waals surface area contributed by atoms with Crippen LogP contribution in [0.1, 0.15) is 16.2 Å². The molecule has 19 heavy (non-hydrogen) atoms. The summed E-state index contributed by atoms with van der Waals surface area (Å²) < 4.78 is 1.71. The molecular weight excluding hydrogens is 264 g/mol. The molecule has 0 aliphatic carbocycles. The van der Waals surface area contributed by atoms with Crippen LogP contribution in [0.2, 0.25) is 5.02 Å². The van der Waals surface area contributed by atoms with Crippen LogP contribution in [0.15, 0.2) is 18.3 Å². The molecule has 0 aliphatic rings. The van der Waals surface area contributed by atoms with Crippen molar-refractivity contribution >= 4 is 17.5 Å². The molecule has 0 spiro atoms. The summed E-state index contributed by atoms with van der Waals surface area (Å²) in [7, 11) is 5.21. The molecule has 0 N–H and O–H groups in total. The molecule has 2 rings (SSSR count). The molecule has 2 heterocycles. The zero-order valence-electron chi connectivity index (χ0n) is 11.3. The highest BCUT2D eigenvalue weighted by Crippen LogP contribution is 2.29. The van der Waals surface area contributed by atoms with Crippen molar-refractivity contribution in [1.82, 2.24) is 19.7 Å². The van der Waals surface area contributed by atoms with E-state index in [-0.39, 0.29) is 5.91 Å². The van der Waals surface area contributed by atoms with Crippen molar-refractivity contribution in [2.24, 2.45) is 7.05 Å². The highest BCUT2D eigenvalue weighted by Gasteiger charge is 2.15. The maximum atomic E-state index is 11.8. The maximum Gasteiger partial charge on any atom is 0.271 e. The van der Waals surface area contributed by atoms with Crippen molar-refractivity contribution in [3.63, 3.8) is 0 Å². The second kappa shape index (κ2) is 5.01. The molecule has 0 atom stereocenters. The van der Waals surface area contributed by atoms with Crippen LogP contribution < -0.4 is 0 Å². The smallest absolute Gasteiger partial charge is 0.271 e. The van der Waals surface area contributed by atoms with Gasteiger partial charge in [-0.1, -0.05) is 11.6 Å². The van der Waals surface area contributed by atoms with Gasteiger partial charge in [-0.3, -0.25) is 14.5 Å². The second-order valence-electron chi connectivity index (χ2n) is 4.50. The fourth-order valence-electron chi connectivity index (χ4n) is 1.84. The SMILES string of the molecule is Cc1nn(C)c(-c2ccc(C(=O)N(C)C)nc2)c1Cl. The summed E-state index contributed by atoms with van der Waals surface area (Å²) in [4.78, 5) is 17.4. The maximum absolute atomic E-state index is 11.8. The molecule has 2 aromatic rings. The number of pyridine rings is 1. The molecular formula is C13H15ClN4O. The van der Waals surface area contributed by atoms with Gasteiger partial charge in [0.25, 0.3) is 5.91 Å². The summed E-state index contributed by atoms with van der Waals surface area (Å²) in [6, 6.07) is 3.52. The lowest BCUT2D eigenvalue weighted by Crippen LogP contribution is -2.22. The fourth-order valence-corrected chi connectivity index (χ4v) is 2.10. The van der Waals surface area contributed by atoms with E-state index in [1.807, 2.05) is 20.0 Å². The summed E-state index contributed by atoms with van der Waals surface area (Å²) in [5, 5.41) is 4.86. The Hall–Kier alpha value is -1.88. The Labute approximate surface area is 116 Å². The first-order valence-electron chi connectivity index (χ1n) is 5.79. The molecule has 6 heteroatoms. The molecule has 0 saturated heterocycles.